The summed E-state index contributed by atoms with van der Waals surface area (Å²) in [4.78, 5) is 60.5. The summed E-state index contributed by atoms with van der Waals surface area (Å²) in [6.07, 6.45) is 19.8. The second kappa shape index (κ2) is 23.9. The van der Waals surface area contributed by atoms with Crippen molar-refractivity contribution in [2.45, 2.75) is 187 Å². The van der Waals surface area contributed by atoms with Gasteiger partial charge < -0.3 is 20.4 Å². The Morgan fingerprint density at radius 1 is 0.704 bits per heavy atom. The van der Waals surface area contributed by atoms with Crippen molar-refractivity contribution in [1.82, 2.24) is 15.5 Å². The van der Waals surface area contributed by atoms with E-state index in [9.17, 15) is 24.0 Å². The number of nitrogens with one attached hydrogen (secondary N) is 2. The summed E-state index contributed by atoms with van der Waals surface area (Å²) >= 11 is 0. The number of imide groups is 1. The topological polar surface area (TPSA) is 147 Å². The van der Waals surface area contributed by atoms with Gasteiger partial charge in [-0.15, -0.1) is 0 Å². The Morgan fingerprint density at radius 3 is 1.59 bits per heavy atom. The molecule has 0 aromatic rings. The number of hydrogen-bond donors (Lipinski definition) is 3. The molecule has 6 atom stereocenters. The average molecular weight is 781 g/mol. The zero-order chi connectivity index (χ0) is 39.9. The van der Waals surface area contributed by atoms with Crippen molar-refractivity contribution in [3.05, 3.63) is 29.0 Å². The summed E-state index contributed by atoms with van der Waals surface area (Å²) in [6.45, 7) is 23.8. The molecule has 0 spiro atoms. The number of carbonyl (C=O) groups is 5. The summed E-state index contributed by atoms with van der Waals surface area (Å²) in [6, 6.07) is 0.443. The van der Waals surface area contributed by atoms with Crippen LogP contribution in [0.1, 0.15) is 129 Å². The first-order valence-corrected chi connectivity index (χ1v) is 27.4. The summed E-state index contributed by atoms with van der Waals surface area (Å²) in [7, 11) is -2.21. The van der Waals surface area contributed by atoms with Crippen LogP contribution in [0, 0.1) is 17.8 Å². The number of carbonyl (C=O) groups excluding carboxylic acids is 4. The van der Waals surface area contributed by atoms with Crippen LogP contribution in [0.15, 0.2) is 24.3 Å². The Kier molecular flexibility index (Phi) is 22.2. The zero-order valence-corrected chi connectivity index (χ0v) is 37.5. The predicted octanol–water partition coefficient (Wildman–Crippen LogP) is 5.86. The molecule has 0 radical (unpaired) electrons. The fourth-order valence-corrected chi connectivity index (χ4v) is 16.2. The molecule has 2 aliphatic heterocycles. The van der Waals surface area contributed by atoms with E-state index in [1.807, 2.05) is 0 Å². The van der Waals surface area contributed by atoms with E-state index in [4.69, 9.17) is 9.75 Å². The van der Waals surface area contributed by atoms with Crippen molar-refractivity contribution in [3.63, 3.8) is 0 Å². The number of hydrogen-bond acceptors (Lipinski definition) is 5. The smallest absolute Gasteiger partial charge is 0.668 e. The molecule has 3 aliphatic carbocycles. The number of likely N-dealkylation sites (tertiary alicyclic amines) is 1. The third-order valence-electron chi connectivity index (χ3n) is 10.6. The molecule has 0 unspecified atom stereocenters. The maximum absolute atomic E-state index is 13.4. The van der Waals surface area contributed by atoms with Crippen molar-refractivity contribution in [2.24, 2.45) is 17.8 Å². The van der Waals surface area contributed by atoms with Gasteiger partial charge in [0.05, 0.1) is 23.8 Å². The third-order valence-corrected chi connectivity index (χ3v) is 16.0. The average Bonchev–Trinajstić information content (AvgIpc) is 3.00. The van der Waals surface area contributed by atoms with Gasteiger partial charge in [-0.1, -0.05) is 146 Å². The van der Waals surface area contributed by atoms with E-state index in [1.165, 1.54) is 51.9 Å². The Labute approximate surface area is 341 Å². The van der Waals surface area contributed by atoms with Gasteiger partial charge in [0, 0.05) is 23.2 Å². The number of amides is 4. The van der Waals surface area contributed by atoms with Crippen LogP contribution in [0.3, 0.4) is 0 Å². The van der Waals surface area contributed by atoms with Gasteiger partial charge in [0.1, 0.15) is 0 Å². The van der Waals surface area contributed by atoms with E-state index >= 15 is 0 Å². The van der Waals surface area contributed by atoms with E-state index in [0.717, 1.165) is 70.6 Å². The minimum Gasteiger partial charge on any atom is -0.668 e. The molecule has 13 heteroatoms. The number of nitrogens with zero attached hydrogens (tertiary/aromatic N) is 2. The molecule has 5 aliphatic rings. The zero-order valence-electron chi connectivity index (χ0n) is 35.5. The molecule has 5 fully saturated rings. The molecule has 2 saturated heterocycles. The van der Waals surface area contributed by atoms with Crippen LogP contribution in [-0.2, 0) is 24.0 Å². The molecule has 0 aromatic heterocycles. The summed E-state index contributed by atoms with van der Waals surface area (Å²) < 4.78 is 4.82. The maximum atomic E-state index is 13.4. The van der Waals surface area contributed by atoms with Crippen molar-refractivity contribution < 1.29 is 47.9 Å². The number of β-lactam (4-membered cyclic amide) rings is 2. The van der Waals surface area contributed by atoms with E-state index in [1.54, 1.807) is 11.8 Å². The van der Waals surface area contributed by atoms with Crippen LogP contribution < -0.4 is 29.5 Å². The van der Waals surface area contributed by atoms with Crippen molar-refractivity contribution >= 4 is 46.1 Å². The van der Waals surface area contributed by atoms with Gasteiger partial charge in [-0.3, -0.25) is 24.1 Å². The Bertz CT molecular complexity index is 1260. The number of carboxylic acid groups (broad SMARTS) is 1. The maximum Gasteiger partial charge on any atom is 1.00 e. The van der Waals surface area contributed by atoms with Gasteiger partial charge >= 0.3 is 24.8 Å². The number of rotatable bonds is 6. The Balaban J connectivity index is 0.000000441. The second-order valence-corrected chi connectivity index (χ2v) is 27.5. The predicted molar refractivity (Wildman–Crippen MR) is 220 cm³/mol. The van der Waals surface area contributed by atoms with Crippen LogP contribution >= 0.6 is 0 Å². The van der Waals surface area contributed by atoms with Crippen LogP contribution in [0.25, 0.3) is 4.65 Å². The van der Waals surface area contributed by atoms with Crippen LogP contribution in [-0.4, -0.2) is 74.2 Å². The molecular weight excluding hydrogens is 708 g/mol. The molecule has 5 rings (SSSR count). The molecule has 3 saturated carbocycles. The van der Waals surface area contributed by atoms with Crippen LogP contribution in [0.5, 0.6) is 0 Å². The van der Waals surface area contributed by atoms with Crippen LogP contribution in [0.4, 0.5) is 0 Å². The van der Waals surface area contributed by atoms with Gasteiger partial charge in [0.2, 0.25) is 23.6 Å². The van der Waals surface area contributed by atoms with Crippen LogP contribution in [0.2, 0.25) is 39.3 Å². The number of carboxylic acids is 1. The number of fused-ring (bicyclic) bond motifs is 2. The molecule has 10 nitrogen and oxygen atoms in total. The van der Waals surface area contributed by atoms with Gasteiger partial charge in [0.15, 0.2) is 0 Å². The fraction of sp³-hybridized carbons (Fsp3) is 0.780. The minimum absolute atomic E-state index is 0. The summed E-state index contributed by atoms with van der Waals surface area (Å²) in [5, 5.41) is 13.9. The third kappa shape index (κ3) is 17.4. The van der Waals surface area contributed by atoms with E-state index in [-0.39, 0.29) is 66.1 Å². The van der Waals surface area contributed by atoms with Crippen molar-refractivity contribution in [3.8, 4) is 0 Å². The molecule has 302 valence electrons. The molecule has 2 heterocycles. The first-order chi connectivity index (χ1) is 24.7. The molecular formula is C41H73LiN4O6Si2. The SMILES string of the molecule is C=C(C)C(=O)N[C@H]1CCCCCC[C@H]1C(=O)N1C(=O)[C@@H]2CCCCCC[C@@H]21.C=C(C)C(=O)O.C[Si](C)(C)[N-][Si](C)(C)C.O=C1N[C@H]2CCCCCC[C@@H]12.[Li+]. The number of aliphatic carboxylic acids is 1. The molecule has 0 aromatic carbocycles. The first kappa shape index (κ1) is 50.0. The fourth-order valence-electron chi connectivity index (χ4n) is 8.19. The molecule has 54 heavy (non-hydrogen) atoms. The van der Waals surface area contributed by atoms with Gasteiger partial charge in [0.25, 0.3) is 0 Å². The Morgan fingerprint density at radius 2 is 1.15 bits per heavy atom. The molecule has 0 bridgehead atoms. The largest absolute Gasteiger partial charge is 1.00 e. The van der Waals surface area contributed by atoms with Crippen molar-refractivity contribution in [2.75, 3.05) is 0 Å². The van der Waals surface area contributed by atoms with Crippen molar-refractivity contribution in [1.29, 1.82) is 0 Å². The minimum atomic E-state index is -1.11. The normalized spacial score (nSPS) is 26.9. The molecule has 4 amide bonds. The van der Waals surface area contributed by atoms with E-state index in [0.29, 0.717) is 23.4 Å². The van der Waals surface area contributed by atoms with E-state index < -0.39 is 22.4 Å². The monoisotopic (exact) mass is 781 g/mol. The Hall–Kier alpha value is -1.98. The quantitative estimate of drug-likeness (QED) is 0.133. The van der Waals surface area contributed by atoms with Gasteiger partial charge in [-0.25, -0.2) is 4.79 Å². The first-order valence-electron chi connectivity index (χ1n) is 20.5. The second-order valence-electron chi connectivity index (χ2n) is 17.9. The van der Waals surface area contributed by atoms with Gasteiger partial charge in [-0.05, 0) is 52.4 Å². The van der Waals surface area contributed by atoms with Gasteiger partial charge in [-0.2, -0.15) is 0 Å². The molecule has 3 N–H and O–H groups in total. The standard InChI is InChI=1S/C22H34N2O3.C9H15NO.C6H18NSi2.C4H6O2.Li/c1-15(2)20(25)23-18-13-9-5-3-7-11-16(18)21(26)24-19-14-10-6-4-8-12-17(19)22(24)27;11-9-7-5-3-1-2-4-6-8(7)10-9;1-8(2,3)7-9(4,5)6;1-3(2)4(5)6;/h16-19H,1,3-14H2,2H3,(H,23,25);7-8H,1-6H2,(H,10,11);1-6H3;1H2,2H3,(H,5,6);/q;;-1;;+1/t16-,17-,18+,19+;7-,8+;;;/m11.../s1. The summed E-state index contributed by atoms with van der Waals surface area (Å²) in [5.74, 6) is -0.691. The summed E-state index contributed by atoms with van der Waals surface area (Å²) in [5.41, 5.74) is 0.637. The van der Waals surface area contributed by atoms with E-state index in [2.05, 4.69) is 63.1 Å².